The lowest BCUT2D eigenvalue weighted by Gasteiger charge is -2.22. The highest BCUT2D eigenvalue weighted by atomic mass is 35.5. The van der Waals surface area contributed by atoms with Gasteiger partial charge in [-0.15, -0.1) is 22.9 Å². The molecule has 1 aromatic rings. The Bertz CT molecular complexity index is 478. The van der Waals surface area contributed by atoms with Crippen LogP contribution in [0.3, 0.4) is 0 Å². The maximum absolute atomic E-state index is 12.0. The number of thiazole rings is 1. The van der Waals surface area contributed by atoms with Gasteiger partial charge in [0.2, 0.25) is 5.91 Å². The van der Waals surface area contributed by atoms with Crippen LogP contribution in [0.2, 0.25) is 0 Å². The molecule has 21 heavy (non-hydrogen) atoms. The van der Waals surface area contributed by atoms with Gasteiger partial charge in [-0.2, -0.15) is 0 Å². The van der Waals surface area contributed by atoms with Crippen LogP contribution in [0.15, 0.2) is 5.38 Å². The van der Waals surface area contributed by atoms with E-state index in [1.807, 2.05) is 0 Å². The fourth-order valence-corrected chi connectivity index (χ4v) is 2.48. The number of alkyl halides is 1. The maximum Gasteiger partial charge on any atom is 0.357 e. The van der Waals surface area contributed by atoms with Crippen LogP contribution < -0.4 is 0 Å². The van der Waals surface area contributed by atoms with Crippen LogP contribution in [0.1, 0.15) is 29.3 Å². The second-order valence-electron chi connectivity index (χ2n) is 4.22. The third kappa shape index (κ3) is 5.61. The molecule has 0 unspecified atom stereocenters. The zero-order valence-corrected chi connectivity index (χ0v) is 13.9. The van der Waals surface area contributed by atoms with E-state index in [-0.39, 0.29) is 11.6 Å². The first-order valence-electron chi connectivity index (χ1n) is 6.52. The third-order valence-electron chi connectivity index (χ3n) is 2.58. The minimum absolute atomic E-state index is 0.193. The summed E-state index contributed by atoms with van der Waals surface area (Å²) in [4.78, 5) is 29.3. The van der Waals surface area contributed by atoms with E-state index in [4.69, 9.17) is 21.1 Å². The van der Waals surface area contributed by atoms with Crippen LogP contribution in [0.25, 0.3) is 0 Å². The number of halogens is 1. The number of rotatable bonds is 8. The first-order valence-corrected chi connectivity index (χ1v) is 7.84. The number of hydrogen-bond donors (Lipinski definition) is 0. The Labute approximate surface area is 133 Å². The van der Waals surface area contributed by atoms with E-state index in [1.54, 1.807) is 31.2 Å². The van der Waals surface area contributed by atoms with Crippen LogP contribution in [0, 0.1) is 0 Å². The Morgan fingerprint density at radius 2 is 2.24 bits per heavy atom. The number of hydrogen-bond acceptors (Lipinski definition) is 6. The van der Waals surface area contributed by atoms with Crippen molar-refractivity contribution in [2.75, 3.05) is 26.9 Å². The molecule has 0 spiro atoms. The van der Waals surface area contributed by atoms with Gasteiger partial charge in [0, 0.05) is 19.0 Å². The summed E-state index contributed by atoms with van der Waals surface area (Å²) < 4.78 is 9.87. The van der Waals surface area contributed by atoms with E-state index in [0.717, 1.165) is 0 Å². The number of methoxy groups -OCH3 is 1. The molecule has 0 aromatic carbocycles. The Morgan fingerprint density at radius 3 is 2.81 bits per heavy atom. The molecule has 0 fully saturated rings. The molecule has 1 atom stereocenters. The largest absolute Gasteiger partial charge is 0.461 e. The van der Waals surface area contributed by atoms with Crippen molar-refractivity contribution in [1.29, 1.82) is 0 Å². The first-order chi connectivity index (χ1) is 9.99. The Hall–Kier alpha value is -1.18. The lowest BCUT2D eigenvalue weighted by atomic mass is 10.3. The zero-order valence-electron chi connectivity index (χ0n) is 12.3. The number of carbonyl (C=O) groups excluding carboxylic acids is 2. The number of carbonyl (C=O) groups is 2. The van der Waals surface area contributed by atoms with Crippen LogP contribution in [-0.4, -0.2) is 54.0 Å². The topological polar surface area (TPSA) is 68.7 Å². The predicted octanol–water partition coefficient (Wildman–Crippen LogP) is 1.92. The van der Waals surface area contributed by atoms with Gasteiger partial charge in [-0.3, -0.25) is 4.79 Å². The molecule has 0 bridgehead atoms. The minimum Gasteiger partial charge on any atom is -0.461 e. The lowest BCUT2D eigenvalue weighted by molar-refractivity contribution is -0.131. The number of amides is 1. The molecular formula is C13H19ClN2O4S. The summed E-state index contributed by atoms with van der Waals surface area (Å²) >= 11 is 7.15. The van der Waals surface area contributed by atoms with E-state index in [2.05, 4.69) is 4.98 Å². The molecule has 8 heteroatoms. The van der Waals surface area contributed by atoms with Crippen LogP contribution in [0.5, 0.6) is 0 Å². The highest BCUT2D eigenvalue weighted by molar-refractivity contribution is 7.09. The fourth-order valence-electron chi connectivity index (χ4n) is 1.57. The van der Waals surface area contributed by atoms with Gasteiger partial charge in [0.1, 0.15) is 10.4 Å². The van der Waals surface area contributed by atoms with Gasteiger partial charge in [0.05, 0.1) is 19.8 Å². The molecular weight excluding hydrogens is 316 g/mol. The summed E-state index contributed by atoms with van der Waals surface area (Å²) in [7, 11) is 1.56. The SMILES string of the molecule is CCOC(=O)c1csc(CN(CCOC)C(=O)[C@H](C)Cl)n1. The van der Waals surface area contributed by atoms with Crippen molar-refractivity contribution >= 4 is 34.8 Å². The van der Waals surface area contributed by atoms with Crippen molar-refractivity contribution < 1.29 is 19.1 Å². The van der Waals surface area contributed by atoms with E-state index in [9.17, 15) is 9.59 Å². The van der Waals surface area contributed by atoms with E-state index >= 15 is 0 Å². The second kappa shape index (κ2) is 8.96. The number of nitrogens with zero attached hydrogens (tertiary/aromatic N) is 2. The number of esters is 1. The Morgan fingerprint density at radius 1 is 1.52 bits per heavy atom. The lowest BCUT2D eigenvalue weighted by Crippen LogP contribution is -2.37. The van der Waals surface area contributed by atoms with Gasteiger partial charge in [0.25, 0.3) is 0 Å². The molecule has 0 N–H and O–H groups in total. The molecule has 118 valence electrons. The molecule has 0 radical (unpaired) electrons. The first kappa shape index (κ1) is 17.9. The van der Waals surface area contributed by atoms with Crippen LogP contribution in [-0.2, 0) is 20.8 Å². The molecule has 0 saturated carbocycles. The summed E-state index contributed by atoms with van der Waals surface area (Å²) in [5, 5.41) is 1.65. The van der Waals surface area contributed by atoms with Crippen molar-refractivity contribution in [3.05, 3.63) is 16.1 Å². The molecule has 6 nitrogen and oxygen atoms in total. The van der Waals surface area contributed by atoms with E-state index in [0.29, 0.717) is 31.3 Å². The van der Waals surface area contributed by atoms with Gasteiger partial charge >= 0.3 is 5.97 Å². The van der Waals surface area contributed by atoms with Crippen molar-refractivity contribution in [1.82, 2.24) is 9.88 Å². The molecule has 1 heterocycles. The zero-order chi connectivity index (χ0) is 15.8. The van der Waals surface area contributed by atoms with Crippen LogP contribution >= 0.6 is 22.9 Å². The average Bonchev–Trinajstić information content (AvgIpc) is 2.91. The quantitative estimate of drug-likeness (QED) is 0.536. The molecule has 0 aliphatic rings. The highest BCUT2D eigenvalue weighted by Gasteiger charge is 2.20. The summed E-state index contributed by atoms with van der Waals surface area (Å²) in [5.74, 6) is -0.651. The monoisotopic (exact) mass is 334 g/mol. The third-order valence-corrected chi connectivity index (χ3v) is 3.60. The smallest absolute Gasteiger partial charge is 0.357 e. The molecule has 1 amide bonds. The van der Waals surface area contributed by atoms with E-state index in [1.165, 1.54) is 11.3 Å². The maximum atomic E-state index is 12.0. The van der Waals surface area contributed by atoms with Crippen molar-refractivity contribution in [3.63, 3.8) is 0 Å². The number of ether oxygens (including phenoxy) is 2. The summed E-state index contributed by atoms with van der Waals surface area (Å²) in [6.07, 6.45) is 0. The second-order valence-corrected chi connectivity index (χ2v) is 5.81. The van der Waals surface area contributed by atoms with Crippen molar-refractivity contribution in [2.45, 2.75) is 25.8 Å². The summed E-state index contributed by atoms with van der Waals surface area (Å²) in [6, 6.07) is 0. The normalized spacial score (nSPS) is 12.0. The minimum atomic E-state index is -0.619. The molecule has 0 aliphatic heterocycles. The summed E-state index contributed by atoms with van der Waals surface area (Å²) in [6.45, 7) is 4.77. The van der Waals surface area contributed by atoms with E-state index < -0.39 is 11.3 Å². The van der Waals surface area contributed by atoms with Crippen LogP contribution in [0.4, 0.5) is 0 Å². The standard InChI is InChI=1S/C13H19ClN2O4S/c1-4-20-13(18)10-8-21-11(15-10)7-16(5-6-19-3)12(17)9(2)14/h8-9H,4-7H2,1-3H3/t9-/m0/s1. The predicted molar refractivity (Wildman–Crippen MR) is 80.7 cm³/mol. The van der Waals surface area contributed by atoms with Gasteiger partial charge in [-0.1, -0.05) is 0 Å². The van der Waals surface area contributed by atoms with Gasteiger partial charge in [0.15, 0.2) is 5.69 Å². The number of aromatic nitrogens is 1. The van der Waals surface area contributed by atoms with Gasteiger partial charge in [-0.05, 0) is 13.8 Å². The Balaban J connectivity index is 2.74. The molecule has 0 saturated heterocycles. The Kier molecular flexibility index (Phi) is 7.63. The van der Waals surface area contributed by atoms with Gasteiger partial charge in [-0.25, -0.2) is 9.78 Å². The molecule has 1 rings (SSSR count). The molecule has 1 aromatic heterocycles. The molecule has 0 aliphatic carbocycles. The fraction of sp³-hybridized carbons (Fsp3) is 0.615. The van der Waals surface area contributed by atoms with Crippen molar-refractivity contribution in [2.24, 2.45) is 0 Å². The van der Waals surface area contributed by atoms with Crippen molar-refractivity contribution in [3.8, 4) is 0 Å². The average molecular weight is 335 g/mol. The summed E-state index contributed by atoms with van der Waals surface area (Å²) in [5.41, 5.74) is 0.259. The highest BCUT2D eigenvalue weighted by Crippen LogP contribution is 2.15. The van der Waals surface area contributed by atoms with Gasteiger partial charge < -0.3 is 14.4 Å².